The van der Waals surface area contributed by atoms with E-state index in [-0.39, 0.29) is 0 Å². The summed E-state index contributed by atoms with van der Waals surface area (Å²) in [6.45, 7) is 2.53. The largest absolute Gasteiger partial charge is 0.493 e. The Morgan fingerprint density at radius 1 is 1.20 bits per heavy atom. The third-order valence-corrected chi connectivity index (χ3v) is 3.70. The van der Waals surface area contributed by atoms with E-state index in [4.69, 9.17) is 4.74 Å². The molecule has 2 aromatic rings. The van der Waals surface area contributed by atoms with Gasteiger partial charge in [-0.1, -0.05) is 35.9 Å². The van der Waals surface area contributed by atoms with Crippen molar-refractivity contribution in [3.63, 3.8) is 0 Å². The minimum absolute atomic E-state index is 0.299. The third kappa shape index (κ3) is 2.29. The zero-order valence-corrected chi connectivity index (χ0v) is 11.4. The number of aliphatic hydroxyl groups is 1. The van der Waals surface area contributed by atoms with Crippen molar-refractivity contribution in [2.24, 2.45) is 0 Å². The number of ether oxygens (including phenoxy) is 1. The van der Waals surface area contributed by atoms with Gasteiger partial charge in [0.25, 0.3) is 0 Å². The Hall–Kier alpha value is -1.87. The quantitative estimate of drug-likeness (QED) is 0.906. The topological polar surface area (TPSA) is 29.5 Å². The van der Waals surface area contributed by atoms with Crippen LogP contribution in [0.5, 0.6) is 5.75 Å². The van der Waals surface area contributed by atoms with Crippen LogP contribution in [0.3, 0.4) is 0 Å². The van der Waals surface area contributed by atoms with Crippen LogP contribution in [0.4, 0.5) is 4.39 Å². The summed E-state index contributed by atoms with van der Waals surface area (Å²) in [5.74, 6) is 0.323. The molecule has 0 saturated carbocycles. The number of aryl methyl sites for hydroxylation is 2. The van der Waals surface area contributed by atoms with Crippen LogP contribution >= 0.6 is 0 Å². The summed E-state index contributed by atoms with van der Waals surface area (Å²) in [6, 6.07) is 10.5. The predicted octanol–water partition coefficient (Wildman–Crippen LogP) is 3.54. The molecule has 2 aromatic carbocycles. The highest BCUT2D eigenvalue weighted by Gasteiger charge is 2.22. The second kappa shape index (κ2) is 5.25. The van der Waals surface area contributed by atoms with Gasteiger partial charge < -0.3 is 9.84 Å². The summed E-state index contributed by atoms with van der Waals surface area (Å²) in [5, 5.41) is 10.5. The molecule has 0 aliphatic carbocycles. The molecule has 0 radical (unpaired) electrons. The van der Waals surface area contributed by atoms with Crippen molar-refractivity contribution in [2.75, 3.05) is 6.61 Å². The summed E-state index contributed by atoms with van der Waals surface area (Å²) >= 11 is 0. The minimum atomic E-state index is -0.997. The van der Waals surface area contributed by atoms with Gasteiger partial charge in [0, 0.05) is 11.1 Å². The van der Waals surface area contributed by atoms with Crippen LogP contribution in [-0.2, 0) is 6.42 Å². The van der Waals surface area contributed by atoms with E-state index in [1.165, 1.54) is 6.07 Å². The van der Waals surface area contributed by atoms with E-state index in [0.717, 1.165) is 24.0 Å². The summed E-state index contributed by atoms with van der Waals surface area (Å²) in [4.78, 5) is 0. The SMILES string of the molecule is Cc1ccc(F)c(C(O)c2cccc3c2OCCC3)c1. The second-order valence-corrected chi connectivity index (χ2v) is 5.22. The molecule has 20 heavy (non-hydrogen) atoms. The fraction of sp³-hybridized carbons (Fsp3) is 0.294. The van der Waals surface area contributed by atoms with Crippen LogP contribution in [-0.4, -0.2) is 11.7 Å². The number of para-hydroxylation sites is 1. The van der Waals surface area contributed by atoms with Crippen molar-refractivity contribution in [1.29, 1.82) is 0 Å². The van der Waals surface area contributed by atoms with Crippen molar-refractivity contribution < 1.29 is 14.2 Å². The van der Waals surface area contributed by atoms with Crippen LogP contribution < -0.4 is 4.74 Å². The molecule has 1 N–H and O–H groups in total. The highest BCUT2D eigenvalue weighted by atomic mass is 19.1. The zero-order valence-electron chi connectivity index (χ0n) is 11.4. The van der Waals surface area contributed by atoms with E-state index in [2.05, 4.69) is 0 Å². The normalized spacial score (nSPS) is 15.3. The molecule has 104 valence electrons. The number of benzene rings is 2. The van der Waals surface area contributed by atoms with Gasteiger partial charge in [-0.3, -0.25) is 0 Å². The van der Waals surface area contributed by atoms with Gasteiger partial charge in [0.1, 0.15) is 17.7 Å². The molecule has 1 atom stereocenters. The molecular weight excluding hydrogens is 255 g/mol. The number of hydrogen-bond donors (Lipinski definition) is 1. The van der Waals surface area contributed by atoms with Crippen molar-refractivity contribution in [2.45, 2.75) is 25.9 Å². The molecule has 1 unspecified atom stereocenters. The fourth-order valence-electron chi connectivity index (χ4n) is 2.67. The fourth-order valence-corrected chi connectivity index (χ4v) is 2.67. The van der Waals surface area contributed by atoms with E-state index >= 15 is 0 Å². The predicted molar refractivity (Wildman–Crippen MR) is 75.5 cm³/mol. The molecule has 3 heteroatoms. The van der Waals surface area contributed by atoms with Gasteiger partial charge >= 0.3 is 0 Å². The zero-order chi connectivity index (χ0) is 14.1. The first-order valence-electron chi connectivity index (χ1n) is 6.85. The summed E-state index contributed by atoms with van der Waals surface area (Å²) < 4.78 is 19.6. The van der Waals surface area contributed by atoms with E-state index in [1.807, 2.05) is 19.1 Å². The number of aliphatic hydroxyl groups excluding tert-OH is 1. The van der Waals surface area contributed by atoms with Crippen molar-refractivity contribution in [3.8, 4) is 5.75 Å². The maximum Gasteiger partial charge on any atom is 0.129 e. The highest BCUT2D eigenvalue weighted by molar-refractivity contribution is 5.47. The lowest BCUT2D eigenvalue weighted by molar-refractivity contribution is 0.202. The van der Waals surface area contributed by atoms with E-state index in [0.29, 0.717) is 23.5 Å². The lowest BCUT2D eigenvalue weighted by Crippen LogP contribution is -2.13. The molecule has 0 fully saturated rings. The number of hydrogen-bond acceptors (Lipinski definition) is 2. The van der Waals surface area contributed by atoms with E-state index in [9.17, 15) is 9.50 Å². The van der Waals surface area contributed by atoms with E-state index < -0.39 is 11.9 Å². The Balaban J connectivity index is 2.06. The van der Waals surface area contributed by atoms with Gasteiger partial charge in [-0.25, -0.2) is 4.39 Å². The van der Waals surface area contributed by atoms with Crippen LogP contribution in [0.15, 0.2) is 36.4 Å². The first-order valence-corrected chi connectivity index (χ1v) is 6.85. The first-order chi connectivity index (χ1) is 9.66. The number of rotatable bonds is 2. The van der Waals surface area contributed by atoms with Crippen LogP contribution in [0.1, 0.15) is 34.8 Å². The molecule has 1 aliphatic rings. The molecule has 0 spiro atoms. The second-order valence-electron chi connectivity index (χ2n) is 5.22. The van der Waals surface area contributed by atoms with Gasteiger partial charge in [-0.05, 0) is 31.4 Å². The Morgan fingerprint density at radius 3 is 2.90 bits per heavy atom. The summed E-state index contributed by atoms with van der Waals surface area (Å²) in [7, 11) is 0. The van der Waals surface area contributed by atoms with E-state index in [1.54, 1.807) is 18.2 Å². The van der Waals surface area contributed by atoms with Gasteiger partial charge in [-0.2, -0.15) is 0 Å². The summed E-state index contributed by atoms with van der Waals surface area (Å²) in [6.07, 6.45) is 0.917. The Morgan fingerprint density at radius 2 is 2.05 bits per heavy atom. The molecule has 0 saturated heterocycles. The smallest absolute Gasteiger partial charge is 0.129 e. The van der Waals surface area contributed by atoms with Gasteiger partial charge in [0.15, 0.2) is 0 Å². The third-order valence-electron chi connectivity index (χ3n) is 3.70. The molecule has 0 amide bonds. The van der Waals surface area contributed by atoms with Crippen molar-refractivity contribution in [1.82, 2.24) is 0 Å². The molecular formula is C17H17FO2. The Kier molecular flexibility index (Phi) is 3.45. The lowest BCUT2D eigenvalue weighted by Gasteiger charge is -2.23. The van der Waals surface area contributed by atoms with Gasteiger partial charge in [0.2, 0.25) is 0 Å². The van der Waals surface area contributed by atoms with Crippen LogP contribution in [0.25, 0.3) is 0 Å². The maximum absolute atomic E-state index is 13.9. The monoisotopic (exact) mass is 272 g/mol. The van der Waals surface area contributed by atoms with Crippen LogP contribution in [0, 0.1) is 12.7 Å². The average molecular weight is 272 g/mol. The number of fused-ring (bicyclic) bond motifs is 1. The molecule has 0 aromatic heterocycles. The molecule has 2 nitrogen and oxygen atoms in total. The van der Waals surface area contributed by atoms with Gasteiger partial charge in [0.05, 0.1) is 6.61 Å². The standard InChI is InChI=1S/C17H17FO2/c1-11-7-8-15(18)14(10-11)16(19)13-6-2-4-12-5-3-9-20-17(12)13/h2,4,6-8,10,16,19H,3,5,9H2,1H3. The Labute approximate surface area is 117 Å². The van der Waals surface area contributed by atoms with Crippen molar-refractivity contribution in [3.05, 3.63) is 64.5 Å². The van der Waals surface area contributed by atoms with Gasteiger partial charge in [-0.15, -0.1) is 0 Å². The first kappa shape index (κ1) is 13.1. The average Bonchev–Trinajstić information content (AvgIpc) is 2.48. The maximum atomic E-state index is 13.9. The molecule has 1 aliphatic heterocycles. The Bertz CT molecular complexity index is 637. The molecule has 0 bridgehead atoms. The lowest BCUT2D eigenvalue weighted by atomic mass is 9.94. The number of halogens is 1. The highest BCUT2D eigenvalue weighted by Crippen LogP contribution is 2.36. The van der Waals surface area contributed by atoms with Crippen LogP contribution in [0.2, 0.25) is 0 Å². The van der Waals surface area contributed by atoms with Crippen molar-refractivity contribution >= 4 is 0 Å². The minimum Gasteiger partial charge on any atom is -0.493 e. The summed E-state index contributed by atoms with van der Waals surface area (Å²) in [5.41, 5.74) is 2.95. The molecule has 1 heterocycles. The molecule has 3 rings (SSSR count).